The van der Waals surface area contributed by atoms with Crippen LogP contribution >= 0.6 is 23.2 Å². The van der Waals surface area contributed by atoms with Gasteiger partial charge in [0.1, 0.15) is 0 Å². The van der Waals surface area contributed by atoms with Crippen molar-refractivity contribution in [3.05, 3.63) is 33.8 Å². The first-order valence-corrected chi connectivity index (χ1v) is 6.99. The van der Waals surface area contributed by atoms with Crippen molar-refractivity contribution in [3.8, 4) is 0 Å². The molecule has 3 nitrogen and oxygen atoms in total. The number of ether oxygens (including phenoxy) is 1. The number of nitrogens with two attached hydrogens (primary N) is 1. The number of rotatable bonds is 4. The van der Waals surface area contributed by atoms with Crippen LogP contribution in [0.15, 0.2) is 18.2 Å². The van der Waals surface area contributed by atoms with Gasteiger partial charge < -0.3 is 4.74 Å². The Morgan fingerprint density at radius 1 is 1.39 bits per heavy atom. The van der Waals surface area contributed by atoms with Gasteiger partial charge in [0.25, 0.3) is 0 Å². The highest BCUT2D eigenvalue weighted by Gasteiger charge is 2.22. The fourth-order valence-electron chi connectivity index (χ4n) is 2.33. The third-order valence-electron chi connectivity index (χ3n) is 3.33. The fraction of sp³-hybridized carbons (Fsp3) is 0.538. The van der Waals surface area contributed by atoms with Gasteiger partial charge >= 0.3 is 0 Å². The van der Waals surface area contributed by atoms with Crippen LogP contribution in [0.4, 0.5) is 0 Å². The van der Waals surface area contributed by atoms with Crippen LogP contribution in [0.25, 0.3) is 0 Å². The molecule has 1 aromatic carbocycles. The first-order chi connectivity index (χ1) is 8.72. The minimum absolute atomic E-state index is 0.0284. The molecule has 0 spiro atoms. The largest absolute Gasteiger partial charge is 0.378 e. The van der Waals surface area contributed by atoms with Crippen LogP contribution in [-0.4, -0.2) is 12.7 Å². The summed E-state index contributed by atoms with van der Waals surface area (Å²) in [5, 5.41) is 1.12. The molecule has 0 radical (unpaired) electrons. The average molecular weight is 289 g/mol. The Bertz CT molecular complexity index is 395. The summed E-state index contributed by atoms with van der Waals surface area (Å²) in [6, 6.07) is 5.58. The van der Waals surface area contributed by atoms with Crippen LogP contribution < -0.4 is 11.3 Å². The minimum atomic E-state index is -0.0284. The second kappa shape index (κ2) is 6.73. The first-order valence-electron chi connectivity index (χ1n) is 6.24. The molecule has 2 unspecified atom stereocenters. The van der Waals surface area contributed by atoms with Crippen LogP contribution in [0.1, 0.15) is 37.3 Å². The van der Waals surface area contributed by atoms with Gasteiger partial charge in [0, 0.05) is 12.6 Å². The Hall–Kier alpha value is -0.320. The molecule has 1 fully saturated rings. The van der Waals surface area contributed by atoms with Crippen molar-refractivity contribution in [2.24, 2.45) is 5.84 Å². The van der Waals surface area contributed by atoms with E-state index in [0.29, 0.717) is 10.0 Å². The van der Waals surface area contributed by atoms with E-state index < -0.39 is 0 Å². The summed E-state index contributed by atoms with van der Waals surface area (Å²) >= 11 is 12.2. The Labute approximate surface area is 118 Å². The number of hydrogen-bond donors (Lipinski definition) is 2. The molecule has 0 amide bonds. The third kappa shape index (κ3) is 3.37. The summed E-state index contributed by atoms with van der Waals surface area (Å²) in [6.45, 7) is 0.839. The molecule has 3 N–H and O–H groups in total. The van der Waals surface area contributed by atoms with Crippen molar-refractivity contribution in [3.63, 3.8) is 0 Å². The summed E-state index contributed by atoms with van der Waals surface area (Å²) in [7, 11) is 0. The standard InChI is InChI=1S/C13H18Cl2N2O/c14-11-6-3-5-10(13(11)15)12(17-16)8-9-4-1-2-7-18-9/h3,5-6,9,12,17H,1-2,4,7-8,16H2. The Balaban J connectivity index is 2.09. The van der Waals surface area contributed by atoms with E-state index in [2.05, 4.69) is 5.43 Å². The van der Waals surface area contributed by atoms with Crippen molar-refractivity contribution in [1.29, 1.82) is 0 Å². The lowest BCUT2D eigenvalue weighted by Gasteiger charge is -2.27. The van der Waals surface area contributed by atoms with Crippen LogP contribution in [0, 0.1) is 0 Å². The molecule has 0 aromatic heterocycles. The zero-order valence-corrected chi connectivity index (χ0v) is 11.7. The zero-order chi connectivity index (χ0) is 13.0. The monoisotopic (exact) mass is 288 g/mol. The fourth-order valence-corrected chi connectivity index (χ4v) is 2.77. The maximum Gasteiger partial charge on any atom is 0.0640 e. The number of hydrogen-bond acceptors (Lipinski definition) is 3. The van der Waals surface area contributed by atoms with Gasteiger partial charge in [-0.3, -0.25) is 11.3 Å². The second-order valence-electron chi connectivity index (χ2n) is 4.59. The lowest BCUT2D eigenvalue weighted by molar-refractivity contribution is 0.00503. The number of benzene rings is 1. The molecule has 1 heterocycles. The number of hydrazine groups is 1. The first kappa shape index (κ1) is 14.1. The van der Waals surface area contributed by atoms with Gasteiger partial charge in [-0.15, -0.1) is 0 Å². The maximum atomic E-state index is 6.22. The van der Waals surface area contributed by atoms with Gasteiger partial charge in [0.2, 0.25) is 0 Å². The SMILES string of the molecule is NNC(CC1CCCCO1)c1cccc(Cl)c1Cl. The molecule has 1 aromatic rings. The molecule has 0 saturated carbocycles. The highest BCUT2D eigenvalue weighted by molar-refractivity contribution is 6.42. The highest BCUT2D eigenvalue weighted by atomic mass is 35.5. The molecule has 1 aliphatic rings. The summed E-state index contributed by atoms with van der Waals surface area (Å²) in [5.74, 6) is 5.63. The predicted octanol–water partition coefficient (Wildman–Crippen LogP) is 3.46. The lowest BCUT2D eigenvalue weighted by atomic mass is 9.97. The molecule has 0 aliphatic carbocycles. The molecule has 1 aliphatic heterocycles. The molecule has 18 heavy (non-hydrogen) atoms. The van der Waals surface area contributed by atoms with Gasteiger partial charge in [-0.1, -0.05) is 35.3 Å². The van der Waals surface area contributed by atoms with Crippen LogP contribution in [0.5, 0.6) is 0 Å². The van der Waals surface area contributed by atoms with E-state index in [4.69, 9.17) is 33.8 Å². The molecule has 100 valence electrons. The Morgan fingerprint density at radius 3 is 2.89 bits per heavy atom. The lowest BCUT2D eigenvalue weighted by Crippen LogP contribution is -2.33. The molecule has 2 atom stereocenters. The van der Waals surface area contributed by atoms with E-state index in [1.807, 2.05) is 12.1 Å². The summed E-state index contributed by atoms with van der Waals surface area (Å²) in [4.78, 5) is 0. The van der Waals surface area contributed by atoms with Gasteiger partial charge in [-0.25, -0.2) is 0 Å². The normalized spacial score (nSPS) is 21.8. The van der Waals surface area contributed by atoms with E-state index in [-0.39, 0.29) is 12.1 Å². The van der Waals surface area contributed by atoms with E-state index in [1.165, 1.54) is 6.42 Å². The van der Waals surface area contributed by atoms with Gasteiger partial charge in [0.05, 0.1) is 16.1 Å². The summed E-state index contributed by atoms with van der Waals surface area (Å²) in [6.07, 6.45) is 4.50. The van der Waals surface area contributed by atoms with E-state index >= 15 is 0 Å². The quantitative estimate of drug-likeness (QED) is 0.659. The molecule has 2 rings (SSSR count). The van der Waals surface area contributed by atoms with Crippen molar-refractivity contribution in [1.82, 2.24) is 5.43 Å². The molecule has 5 heteroatoms. The molecular weight excluding hydrogens is 271 g/mol. The summed E-state index contributed by atoms with van der Waals surface area (Å²) < 4.78 is 5.73. The smallest absolute Gasteiger partial charge is 0.0640 e. The number of nitrogens with one attached hydrogen (secondary N) is 1. The van der Waals surface area contributed by atoms with Crippen molar-refractivity contribution < 1.29 is 4.74 Å². The Kier molecular flexibility index (Phi) is 5.27. The van der Waals surface area contributed by atoms with Crippen LogP contribution in [-0.2, 0) is 4.74 Å². The highest BCUT2D eigenvalue weighted by Crippen LogP contribution is 2.33. The van der Waals surface area contributed by atoms with Gasteiger partial charge in [0.15, 0.2) is 0 Å². The average Bonchev–Trinajstić information content (AvgIpc) is 2.41. The zero-order valence-electron chi connectivity index (χ0n) is 10.2. The topological polar surface area (TPSA) is 47.3 Å². The van der Waals surface area contributed by atoms with Crippen molar-refractivity contribution in [2.75, 3.05) is 6.61 Å². The van der Waals surface area contributed by atoms with E-state index in [9.17, 15) is 0 Å². The van der Waals surface area contributed by atoms with Gasteiger partial charge in [-0.2, -0.15) is 0 Å². The van der Waals surface area contributed by atoms with Crippen LogP contribution in [0.2, 0.25) is 10.0 Å². The molecule has 0 bridgehead atoms. The van der Waals surface area contributed by atoms with E-state index in [1.54, 1.807) is 6.07 Å². The maximum absolute atomic E-state index is 6.22. The molecular formula is C13H18Cl2N2O. The van der Waals surface area contributed by atoms with Crippen molar-refractivity contribution in [2.45, 2.75) is 37.8 Å². The summed E-state index contributed by atoms with van der Waals surface area (Å²) in [5.41, 5.74) is 3.74. The van der Waals surface area contributed by atoms with Crippen molar-refractivity contribution >= 4 is 23.2 Å². The third-order valence-corrected chi connectivity index (χ3v) is 4.16. The minimum Gasteiger partial charge on any atom is -0.378 e. The Morgan fingerprint density at radius 2 is 2.22 bits per heavy atom. The van der Waals surface area contributed by atoms with Crippen LogP contribution in [0.3, 0.4) is 0 Å². The van der Waals surface area contributed by atoms with Gasteiger partial charge in [-0.05, 0) is 37.3 Å². The number of halogens is 2. The molecule has 1 saturated heterocycles. The second-order valence-corrected chi connectivity index (χ2v) is 5.37. The van der Waals surface area contributed by atoms with E-state index in [0.717, 1.165) is 31.4 Å². The predicted molar refractivity (Wildman–Crippen MR) is 74.7 cm³/mol.